The quantitative estimate of drug-likeness (QED) is 0.415. The van der Waals surface area contributed by atoms with Gasteiger partial charge >= 0.3 is 0 Å². The summed E-state index contributed by atoms with van der Waals surface area (Å²) in [6.45, 7) is -0.359. The minimum atomic E-state index is -0.781. The SMILES string of the molecule is COc1cc([C@H]2Oc3cc([C@@H]4CC(=O)c5c(O)cc(O)cc5O4)cc(OC)c3O[C@@H]2CO)ccc1O. The highest BCUT2D eigenvalue weighted by Crippen LogP contribution is 2.49. The maximum Gasteiger partial charge on any atom is 0.204 e. The maximum atomic E-state index is 12.8. The van der Waals surface area contributed by atoms with Gasteiger partial charge in [-0.25, -0.2) is 0 Å². The van der Waals surface area contributed by atoms with Gasteiger partial charge in [-0.1, -0.05) is 6.07 Å². The molecule has 0 saturated heterocycles. The van der Waals surface area contributed by atoms with Gasteiger partial charge in [0.15, 0.2) is 41.0 Å². The van der Waals surface area contributed by atoms with E-state index >= 15 is 0 Å². The van der Waals surface area contributed by atoms with E-state index in [1.165, 1.54) is 26.4 Å². The first kappa shape index (κ1) is 23.4. The third kappa shape index (κ3) is 3.95. The van der Waals surface area contributed by atoms with Crippen LogP contribution >= 0.6 is 0 Å². The number of phenolic OH excluding ortho intramolecular Hbond substituents is 3. The predicted molar refractivity (Wildman–Crippen MR) is 125 cm³/mol. The highest BCUT2D eigenvalue weighted by Gasteiger charge is 2.37. The van der Waals surface area contributed by atoms with Gasteiger partial charge in [-0.3, -0.25) is 4.79 Å². The number of Topliss-reactive ketones (excluding diaryl/α,β-unsaturated/α-hetero) is 1. The van der Waals surface area contributed by atoms with Gasteiger partial charge < -0.3 is 44.1 Å². The van der Waals surface area contributed by atoms with Crippen LogP contribution < -0.4 is 23.7 Å². The van der Waals surface area contributed by atoms with E-state index < -0.39 is 18.3 Å². The van der Waals surface area contributed by atoms with Gasteiger partial charge in [0.1, 0.15) is 28.9 Å². The van der Waals surface area contributed by atoms with Crippen LogP contribution in [-0.2, 0) is 0 Å². The summed E-state index contributed by atoms with van der Waals surface area (Å²) < 4.78 is 29.0. The van der Waals surface area contributed by atoms with Crippen LogP contribution in [0.2, 0.25) is 0 Å². The summed E-state index contributed by atoms with van der Waals surface area (Å²) in [5.41, 5.74) is 1.16. The summed E-state index contributed by atoms with van der Waals surface area (Å²) in [5, 5.41) is 39.9. The van der Waals surface area contributed by atoms with E-state index in [0.29, 0.717) is 22.6 Å². The molecule has 0 bridgehead atoms. The zero-order valence-corrected chi connectivity index (χ0v) is 19.4. The van der Waals surface area contributed by atoms with Gasteiger partial charge in [0, 0.05) is 23.3 Å². The van der Waals surface area contributed by atoms with Crippen molar-refractivity contribution in [1.29, 1.82) is 0 Å². The van der Waals surface area contributed by atoms with Gasteiger partial charge in [-0.2, -0.15) is 0 Å². The Bertz CT molecular complexity index is 1330. The van der Waals surface area contributed by atoms with E-state index in [2.05, 4.69) is 0 Å². The number of benzene rings is 3. The molecule has 36 heavy (non-hydrogen) atoms. The Morgan fingerprint density at radius 2 is 1.61 bits per heavy atom. The highest BCUT2D eigenvalue weighted by molar-refractivity contribution is 6.02. The Kier molecular flexibility index (Phi) is 5.89. The van der Waals surface area contributed by atoms with Gasteiger partial charge in [0.25, 0.3) is 0 Å². The zero-order valence-electron chi connectivity index (χ0n) is 19.4. The molecule has 0 fully saturated rings. The second kappa shape index (κ2) is 9.04. The lowest BCUT2D eigenvalue weighted by Crippen LogP contribution is -2.36. The molecule has 4 N–H and O–H groups in total. The third-order valence-corrected chi connectivity index (χ3v) is 6.19. The molecule has 0 unspecified atom stereocenters. The molecular formula is C26H24O10. The molecule has 188 valence electrons. The second-order valence-electron chi connectivity index (χ2n) is 8.43. The van der Waals surface area contributed by atoms with Crippen LogP contribution in [0.5, 0.6) is 46.0 Å². The standard InChI is InChI=1S/C26H24O10/c1-32-19-5-12(3-4-15(19)29)25-23(11-27)36-26-21(33-2)6-13(7-22(26)35-25)18-10-17(31)24-16(30)8-14(28)9-20(24)34-18/h3-9,18,23,25,27-30H,10-11H2,1-2H3/t18-,23+,25+/m0/s1. The Morgan fingerprint density at radius 1 is 0.861 bits per heavy atom. The number of hydrogen-bond donors (Lipinski definition) is 4. The molecule has 3 aromatic carbocycles. The second-order valence-corrected chi connectivity index (χ2v) is 8.43. The molecule has 0 amide bonds. The van der Waals surface area contributed by atoms with Gasteiger partial charge in [0.2, 0.25) is 5.75 Å². The Morgan fingerprint density at radius 3 is 2.33 bits per heavy atom. The smallest absolute Gasteiger partial charge is 0.204 e. The molecule has 3 aromatic rings. The molecule has 0 aliphatic carbocycles. The maximum absolute atomic E-state index is 12.8. The van der Waals surface area contributed by atoms with E-state index in [9.17, 15) is 25.2 Å². The van der Waals surface area contributed by atoms with E-state index in [0.717, 1.165) is 6.07 Å². The van der Waals surface area contributed by atoms with Gasteiger partial charge in [-0.15, -0.1) is 0 Å². The fourth-order valence-corrected chi connectivity index (χ4v) is 4.46. The molecule has 5 rings (SSSR count). The van der Waals surface area contributed by atoms with E-state index in [1.54, 1.807) is 24.3 Å². The molecule has 2 aliphatic heterocycles. The number of fused-ring (bicyclic) bond motifs is 2. The van der Waals surface area contributed by atoms with Crippen LogP contribution in [0.3, 0.4) is 0 Å². The molecule has 2 aliphatic rings. The van der Waals surface area contributed by atoms with Crippen LogP contribution in [0.25, 0.3) is 0 Å². The number of methoxy groups -OCH3 is 2. The molecule has 2 heterocycles. The number of ketones is 1. The van der Waals surface area contributed by atoms with Crippen molar-refractivity contribution in [2.45, 2.75) is 24.7 Å². The Balaban J connectivity index is 1.53. The van der Waals surface area contributed by atoms with E-state index in [4.69, 9.17) is 23.7 Å². The zero-order chi connectivity index (χ0) is 25.6. The molecule has 0 aromatic heterocycles. The number of hydrogen-bond acceptors (Lipinski definition) is 10. The Labute approximate surface area is 205 Å². The molecule has 0 spiro atoms. The average molecular weight is 496 g/mol. The third-order valence-electron chi connectivity index (χ3n) is 6.19. The molecular weight excluding hydrogens is 472 g/mol. The lowest BCUT2D eigenvalue weighted by atomic mass is 9.94. The van der Waals surface area contributed by atoms with Crippen LogP contribution in [0.1, 0.15) is 40.1 Å². The van der Waals surface area contributed by atoms with E-state index in [1.807, 2.05) is 0 Å². The molecule has 3 atom stereocenters. The highest BCUT2D eigenvalue weighted by atomic mass is 16.6. The fraction of sp³-hybridized carbons (Fsp3) is 0.269. The van der Waals surface area contributed by atoms with Crippen molar-refractivity contribution in [3.63, 3.8) is 0 Å². The van der Waals surface area contributed by atoms with Gasteiger partial charge in [-0.05, 0) is 24.3 Å². The van der Waals surface area contributed by atoms with Crippen LogP contribution in [0, 0.1) is 0 Å². The van der Waals surface area contributed by atoms with Crippen molar-refractivity contribution in [3.8, 4) is 46.0 Å². The predicted octanol–water partition coefficient (Wildman–Crippen LogP) is 3.40. The van der Waals surface area contributed by atoms with Crippen molar-refractivity contribution < 1.29 is 48.9 Å². The van der Waals surface area contributed by atoms with Crippen molar-refractivity contribution in [2.75, 3.05) is 20.8 Å². The summed E-state index contributed by atoms with van der Waals surface area (Å²) in [6, 6.07) is 10.4. The number of phenols is 3. The number of carbonyl (C=O) groups excluding carboxylic acids is 1. The number of carbonyl (C=O) groups is 1. The summed E-state index contributed by atoms with van der Waals surface area (Å²) in [7, 11) is 2.88. The van der Waals surface area contributed by atoms with Gasteiger partial charge in [0.05, 0.1) is 27.2 Å². The molecule has 0 saturated carbocycles. The number of rotatable bonds is 5. The minimum Gasteiger partial charge on any atom is -0.508 e. The van der Waals surface area contributed by atoms with Crippen molar-refractivity contribution in [3.05, 3.63) is 59.2 Å². The van der Waals surface area contributed by atoms with Crippen LogP contribution in [0.15, 0.2) is 42.5 Å². The number of aliphatic hydroxyl groups excluding tert-OH is 1. The summed E-state index contributed by atoms with van der Waals surface area (Å²) in [4.78, 5) is 12.8. The van der Waals surface area contributed by atoms with Crippen LogP contribution in [0.4, 0.5) is 0 Å². The normalized spacial score (nSPS) is 20.3. The van der Waals surface area contributed by atoms with E-state index in [-0.39, 0.29) is 58.9 Å². The van der Waals surface area contributed by atoms with Crippen molar-refractivity contribution in [1.82, 2.24) is 0 Å². The first-order valence-electron chi connectivity index (χ1n) is 11.1. The summed E-state index contributed by atoms with van der Waals surface area (Å²) in [5.74, 6) is 0.217. The number of ether oxygens (including phenoxy) is 5. The van der Waals surface area contributed by atoms with Crippen molar-refractivity contribution >= 4 is 5.78 Å². The average Bonchev–Trinajstić information content (AvgIpc) is 2.86. The summed E-state index contributed by atoms with van der Waals surface area (Å²) in [6.07, 6.45) is -2.35. The first-order valence-corrected chi connectivity index (χ1v) is 11.1. The molecule has 10 heteroatoms. The molecule has 0 radical (unpaired) electrons. The number of aliphatic hydroxyl groups is 1. The lowest BCUT2D eigenvalue weighted by Gasteiger charge is -2.35. The lowest BCUT2D eigenvalue weighted by molar-refractivity contribution is -0.0144. The molecule has 10 nitrogen and oxygen atoms in total. The van der Waals surface area contributed by atoms with Crippen molar-refractivity contribution in [2.24, 2.45) is 0 Å². The van der Waals surface area contributed by atoms with Crippen LogP contribution in [-0.4, -0.2) is 53.1 Å². The summed E-state index contributed by atoms with van der Waals surface area (Å²) >= 11 is 0. The minimum absolute atomic E-state index is 0.0145. The monoisotopic (exact) mass is 496 g/mol. The Hall–Kier alpha value is -4.31. The number of aromatic hydroxyl groups is 3. The topological polar surface area (TPSA) is 144 Å². The fourth-order valence-electron chi connectivity index (χ4n) is 4.46. The first-order chi connectivity index (χ1) is 17.3. The largest absolute Gasteiger partial charge is 0.508 e.